The van der Waals surface area contributed by atoms with Gasteiger partial charge in [0.1, 0.15) is 11.8 Å². The van der Waals surface area contributed by atoms with Crippen LogP contribution in [0.2, 0.25) is 0 Å². The topological polar surface area (TPSA) is 58.6 Å². The molecular weight excluding hydrogens is 304 g/mol. The van der Waals surface area contributed by atoms with Gasteiger partial charge < -0.3 is 10.1 Å². The Kier molecular flexibility index (Phi) is 4.79. The highest BCUT2D eigenvalue weighted by atomic mass is 16.5. The Bertz CT molecular complexity index is 730. The number of urea groups is 1. The van der Waals surface area contributed by atoms with Gasteiger partial charge in [-0.05, 0) is 24.5 Å². The number of carbonyl (C=O) groups is 2. The molecule has 0 aliphatic carbocycles. The van der Waals surface area contributed by atoms with Crippen molar-refractivity contribution in [2.45, 2.75) is 25.4 Å². The molecule has 0 spiro atoms. The second-order valence-corrected chi connectivity index (χ2v) is 5.76. The highest BCUT2D eigenvalue weighted by Crippen LogP contribution is 2.22. The average Bonchev–Trinajstić information content (AvgIpc) is 2.89. The third kappa shape index (κ3) is 3.40. The van der Waals surface area contributed by atoms with Crippen LogP contribution >= 0.6 is 0 Å². The third-order valence-corrected chi connectivity index (χ3v) is 4.19. The van der Waals surface area contributed by atoms with Gasteiger partial charge in [0, 0.05) is 5.56 Å². The van der Waals surface area contributed by atoms with Crippen LogP contribution in [-0.2, 0) is 17.8 Å². The number of para-hydroxylation sites is 1. The van der Waals surface area contributed by atoms with Crippen molar-refractivity contribution in [2.24, 2.45) is 0 Å². The number of amides is 3. The summed E-state index contributed by atoms with van der Waals surface area (Å²) < 4.78 is 5.29. The summed E-state index contributed by atoms with van der Waals surface area (Å²) in [6, 6.07) is 16.5. The first-order chi connectivity index (χ1) is 11.7. The minimum absolute atomic E-state index is 0.179. The number of imide groups is 1. The predicted octanol–water partition coefficient (Wildman–Crippen LogP) is 2.75. The number of benzene rings is 2. The monoisotopic (exact) mass is 324 g/mol. The first kappa shape index (κ1) is 16.1. The fraction of sp³-hybridized carbons (Fsp3) is 0.263. The van der Waals surface area contributed by atoms with E-state index in [0.29, 0.717) is 12.2 Å². The van der Waals surface area contributed by atoms with Crippen LogP contribution in [0.25, 0.3) is 0 Å². The molecule has 5 nitrogen and oxygen atoms in total. The van der Waals surface area contributed by atoms with Crippen molar-refractivity contribution in [1.82, 2.24) is 10.2 Å². The molecule has 3 rings (SSSR count). The molecule has 5 heteroatoms. The number of nitrogens with one attached hydrogen (secondary N) is 1. The molecule has 2 aromatic carbocycles. The average molecular weight is 324 g/mol. The van der Waals surface area contributed by atoms with Gasteiger partial charge in [-0.1, -0.05) is 48.5 Å². The zero-order chi connectivity index (χ0) is 16.9. The molecule has 24 heavy (non-hydrogen) atoms. The molecule has 1 aliphatic rings. The van der Waals surface area contributed by atoms with Crippen molar-refractivity contribution in [3.05, 3.63) is 65.7 Å². The summed E-state index contributed by atoms with van der Waals surface area (Å²) >= 11 is 0. The van der Waals surface area contributed by atoms with Crippen LogP contribution in [-0.4, -0.2) is 30.0 Å². The van der Waals surface area contributed by atoms with E-state index in [1.807, 2.05) is 54.6 Å². The predicted molar refractivity (Wildman–Crippen MR) is 90.6 cm³/mol. The second kappa shape index (κ2) is 7.17. The summed E-state index contributed by atoms with van der Waals surface area (Å²) in [5.41, 5.74) is 1.97. The molecule has 2 aromatic rings. The van der Waals surface area contributed by atoms with E-state index in [4.69, 9.17) is 4.74 Å². The van der Waals surface area contributed by atoms with Crippen molar-refractivity contribution < 1.29 is 14.3 Å². The molecule has 124 valence electrons. The number of rotatable bonds is 6. The zero-order valence-electron chi connectivity index (χ0n) is 13.6. The lowest BCUT2D eigenvalue weighted by Gasteiger charge is -2.15. The van der Waals surface area contributed by atoms with Crippen LogP contribution < -0.4 is 10.1 Å². The molecular formula is C19H20N2O3. The summed E-state index contributed by atoms with van der Waals surface area (Å²) in [5, 5.41) is 2.78. The second-order valence-electron chi connectivity index (χ2n) is 5.76. The van der Waals surface area contributed by atoms with E-state index < -0.39 is 6.04 Å². The lowest BCUT2D eigenvalue weighted by molar-refractivity contribution is -0.128. The normalized spacial score (nSPS) is 17.0. The van der Waals surface area contributed by atoms with Crippen LogP contribution in [0.4, 0.5) is 4.79 Å². The van der Waals surface area contributed by atoms with Crippen molar-refractivity contribution in [3.63, 3.8) is 0 Å². The SMILES string of the molecule is COc1ccccc1CN1C(=O)NC(CCc2ccccc2)C1=O. The van der Waals surface area contributed by atoms with E-state index in [2.05, 4.69) is 5.32 Å². The van der Waals surface area contributed by atoms with E-state index in [1.54, 1.807) is 7.11 Å². The summed E-state index contributed by atoms with van der Waals surface area (Å²) in [6.07, 6.45) is 1.34. The summed E-state index contributed by atoms with van der Waals surface area (Å²) in [5.74, 6) is 0.493. The Morgan fingerprint density at radius 1 is 1.04 bits per heavy atom. The van der Waals surface area contributed by atoms with E-state index >= 15 is 0 Å². The highest BCUT2D eigenvalue weighted by molar-refractivity contribution is 6.04. The summed E-state index contributed by atoms with van der Waals surface area (Å²) in [4.78, 5) is 26.0. The molecule has 3 amide bonds. The van der Waals surface area contributed by atoms with Crippen LogP contribution in [0.1, 0.15) is 17.5 Å². The maximum absolute atomic E-state index is 12.5. The fourth-order valence-corrected chi connectivity index (χ4v) is 2.88. The Morgan fingerprint density at radius 2 is 1.75 bits per heavy atom. The quantitative estimate of drug-likeness (QED) is 0.831. The number of nitrogens with zero attached hydrogens (tertiary/aromatic N) is 1. The van der Waals surface area contributed by atoms with Crippen LogP contribution in [0.3, 0.4) is 0 Å². The molecule has 1 aliphatic heterocycles. The summed E-state index contributed by atoms with van der Waals surface area (Å²) in [7, 11) is 1.58. The zero-order valence-corrected chi connectivity index (χ0v) is 13.6. The fourth-order valence-electron chi connectivity index (χ4n) is 2.88. The molecule has 1 N–H and O–H groups in total. The van der Waals surface area contributed by atoms with E-state index in [0.717, 1.165) is 17.5 Å². The van der Waals surface area contributed by atoms with Crippen molar-refractivity contribution in [1.29, 1.82) is 0 Å². The van der Waals surface area contributed by atoms with Gasteiger partial charge in [-0.15, -0.1) is 0 Å². The van der Waals surface area contributed by atoms with Gasteiger partial charge in [0.05, 0.1) is 13.7 Å². The molecule has 1 atom stereocenters. The molecule has 1 heterocycles. The van der Waals surface area contributed by atoms with E-state index in [-0.39, 0.29) is 18.5 Å². The lowest BCUT2D eigenvalue weighted by atomic mass is 10.1. The number of hydrogen-bond acceptors (Lipinski definition) is 3. The van der Waals surface area contributed by atoms with Crippen molar-refractivity contribution >= 4 is 11.9 Å². The molecule has 1 unspecified atom stereocenters. The third-order valence-electron chi connectivity index (χ3n) is 4.19. The number of carbonyl (C=O) groups excluding carboxylic acids is 2. The summed E-state index contributed by atoms with van der Waals surface area (Å²) in [6.45, 7) is 0.219. The Labute approximate surface area is 141 Å². The molecule has 1 saturated heterocycles. The number of hydrogen-bond donors (Lipinski definition) is 1. The number of aryl methyl sites for hydroxylation is 1. The Hall–Kier alpha value is -2.82. The Balaban J connectivity index is 1.65. The van der Waals surface area contributed by atoms with Crippen LogP contribution in [0.5, 0.6) is 5.75 Å². The molecule has 0 bridgehead atoms. The number of methoxy groups -OCH3 is 1. The molecule has 0 aromatic heterocycles. The molecule has 0 radical (unpaired) electrons. The van der Waals surface area contributed by atoms with Crippen LogP contribution in [0, 0.1) is 0 Å². The maximum Gasteiger partial charge on any atom is 0.325 e. The van der Waals surface area contributed by atoms with Crippen LogP contribution in [0.15, 0.2) is 54.6 Å². The van der Waals surface area contributed by atoms with E-state index in [1.165, 1.54) is 4.90 Å². The molecule has 0 saturated carbocycles. The van der Waals surface area contributed by atoms with Gasteiger partial charge in [0.25, 0.3) is 5.91 Å². The highest BCUT2D eigenvalue weighted by Gasteiger charge is 2.37. The maximum atomic E-state index is 12.5. The van der Waals surface area contributed by atoms with Gasteiger partial charge >= 0.3 is 6.03 Å². The lowest BCUT2D eigenvalue weighted by Crippen LogP contribution is -2.31. The van der Waals surface area contributed by atoms with Crippen molar-refractivity contribution in [3.8, 4) is 5.75 Å². The van der Waals surface area contributed by atoms with Gasteiger partial charge in [-0.3, -0.25) is 9.69 Å². The standard InChI is InChI=1S/C19H20N2O3/c1-24-17-10-6-5-9-15(17)13-21-18(22)16(20-19(21)23)12-11-14-7-3-2-4-8-14/h2-10,16H,11-13H2,1H3,(H,20,23). The number of ether oxygens (including phenoxy) is 1. The first-order valence-electron chi connectivity index (χ1n) is 7.96. The smallest absolute Gasteiger partial charge is 0.325 e. The minimum atomic E-state index is -0.465. The molecule has 1 fully saturated rings. The van der Waals surface area contributed by atoms with Gasteiger partial charge in [0.2, 0.25) is 0 Å². The van der Waals surface area contributed by atoms with Gasteiger partial charge in [0.15, 0.2) is 0 Å². The first-order valence-corrected chi connectivity index (χ1v) is 7.96. The van der Waals surface area contributed by atoms with Gasteiger partial charge in [-0.25, -0.2) is 4.79 Å². The Morgan fingerprint density at radius 3 is 2.50 bits per heavy atom. The largest absolute Gasteiger partial charge is 0.496 e. The van der Waals surface area contributed by atoms with Crippen molar-refractivity contribution in [2.75, 3.05) is 7.11 Å². The minimum Gasteiger partial charge on any atom is -0.496 e. The van der Waals surface area contributed by atoms with E-state index in [9.17, 15) is 9.59 Å². The van der Waals surface area contributed by atoms with Gasteiger partial charge in [-0.2, -0.15) is 0 Å².